The van der Waals surface area contributed by atoms with Gasteiger partial charge in [-0.2, -0.15) is 0 Å². The van der Waals surface area contributed by atoms with Crippen LogP contribution in [0.2, 0.25) is 0 Å². The van der Waals surface area contributed by atoms with Crippen molar-refractivity contribution in [1.29, 1.82) is 0 Å². The molecule has 0 aromatic rings. The van der Waals surface area contributed by atoms with Crippen molar-refractivity contribution in [3.63, 3.8) is 0 Å². The summed E-state index contributed by atoms with van der Waals surface area (Å²) in [4.78, 5) is 25.2. The largest absolute Gasteiger partial charge is 0.449 e. The van der Waals surface area contributed by atoms with E-state index in [4.69, 9.17) is 4.74 Å². The molecule has 3 aliphatic rings. The van der Waals surface area contributed by atoms with Crippen LogP contribution < -0.4 is 10.6 Å². The van der Waals surface area contributed by atoms with Gasteiger partial charge in [0.2, 0.25) is 5.91 Å². The fourth-order valence-corrected chi connectivity index (χ4v) is 3.43. The van der Waals surface area contributed by atoms with E-state index in [1.54, 1.807) is 4.90 Å². The third-order valence-electron chi connectivity index (χ3n) is 4.84. The van der Waals surface area contributed by atoms with Crippen molar-refractivity contribution in [3.05, 3.63) is 0 Å². The minimum atomic E-state index is -0.258. The van der Waals surface area contributed by atoms with E-state index >= 15 is 0 Å². The smallest absolute Gasteiger partial charge is 0.409 e. The third-order valence-corrected chi connectivity index (χ3v) is 4.84. The number of carbonyl (C=O) groups is 2. The lowest BCUT2D eigenvalue weighted by atomic mass is 9.92. The first kappa shape index (κ1) is 13.7. The molecular formula is C14H23N3O3. The molecule has 3 rings (SSSR count). The highest BCUT2D eigenvalue weighted by Gasteiger charge is 2.57. The fraction of sp³-hybridized carbons (Fsp3) is 0.857. The maximum atomic E-state index is 12.1. The maximum Gasteiger partial charge on any atom is 0.409 e. The normalized spacial score (nSPS) is 28.1. The average Bonchev–Trinajstić information content (AvgIpc) is 3.15. The summed E-state index contributed by atoms with van der Waals surface area (Å²) in [5.41, 5.74) is 0.277. The van der Waals surface area contributed by atoms with Crippen molar-refractivity contribution >= 4 is 12.0 Å². The Hall–Kier alpha value is -1.30. The first-order valence-corrected chi connectivity index (χ1v) is 7.61. The van der Waals surface area contributed by atoms with Gasteiger partial charge < -0.3 is 20.3 Å². The van der Waals surface area contributed by atoms with Crippen LogP contribution in [0.25, 0.3) is 0 Å². The van der Waals surface area contributed by atoms with E-state index in [9.17, 15) is 9.59 Å². The van der Waals surface area contributed by atoms with Gasteiger partial charge >= 0.3 is 6.09 Å². The summed E-state index contributed by atoms with van der Waals surface area (Å²) in [6.07, 6.45) is 3.88. The van der Waals surface area contributed by atoms with Crippen LogP contribution in [0.3, 0.4) is 0 Å². The van der Waals surface area contributed by atoms with Gasteiger partial charge in [-0.1, -0.05) is 0 Å². The fourth-order valence-electron chi connectivity index (χ4n) is 3.43. The van der Waals surface area contributed by atoms with Crippen molar-refractivity contribution in [2.75, 3.05) is 39.3 Å². The number of ether oxygens (including phenoxy) is 1. The molecule has 0 radical (unpaired) electrons. The van der Waals surface area contributed by atoms with Gasteiger partial charge in [-0.3, -0.25) is 4.79 Å². The molecule has 2 aliphatic heterocycles. The molecule has 112 valence electrons. The quantitative estimate of drug-likeness (QED) is 0.779. The number of cyclic esters (lactones) is 1. The van der Waals surface area contributed by atoms with Crippen LogP contribution in [-0.2, 0) is 9.53 Å². The van der Waals surface area contributed by atoms with Gasteiger partial charge in [-0.15, -0.1) is 0 Å². The Balaban J connectivity index is 1.38. The van der Waals surface area contributed by atoms with Gasteiger partial charge in [0.1, 0.15) is 0 Å². The minimum absolute atomic E-state index is 0.164. The van der Waals surface area contributed by atoms with Gasteiger partial charge in [0, 0.05) is 25.6 Å². The minimum Gasteiger partial charge on any atom is -0.449 e. The molecule has 1 spiro atoms. The first-order valence-electron chi connectivity index (χ1n) is 7.61. The molecule has 3 fully saturated rings. The standard InChI is InChI=1S/C14H23N3O3/c18-12(11-10-14(11)2-4-15-5-3-14)16-6-8-17-7-1-9-20-13(17)19/h11,15H,1-10H2,(H,16,18). The second-order valence-electron chi connectivity index (χ2n) is 6.12. The molecule has 1 saturated carbocycles. The molecule has 20 heavy (non-hydrogen) atoms. The molecule has 2 heterocycles. The summed E-state index contributed by atoms with van der Waals surface area (Å²) in [5.74, 6) is 0.357. The number of rotatable bonds is 4. The van der Waals surface area contributed by atoms with Gasteiger partial charge in [-0.25, -0.2) is 4.79 Å². The molecule has 1 unspecified atom stereocenters. The zero-order valence-corrected chi connectivity index (χ0v) is 11.8. The van der Waals surface area contributed by atoms with Crippen LogP contribution >= 0.6 is 0 Å². The molecule has 6 nitrogen and oxygen atoms in total. The predicted molar refractivity (Wildman–Crippen MR) is 73.2 cm³/mol. The Labute approximate surface area is 119 Å². The molecule has 6 heteroatoms. The van der Waals surface area contributed by atoms with E-state index < -0.39 is 0 Å². The number of hydrogen-bond acceptors (Lipinski definition) is 4. The predicted octanol–water partition coefficient (Wildman–Crippen LogP) is 0.335. The van der Waals surface area contributed by atoms with Gasteiger partial charge in [-0.05, 0) is 44.2 Å². The molecular weight excluding hydrogens is 258 g/mol. The van der Waals surface area contributed by atoms with Gasteiger partial charge in [0.15, 0.2) is 0 Å². The first-order chi connectivity index (χ1) is 9.71. The number of hydrogen-bond donors (Lipinski definition) is 2. The second kappa shape index (κ2) is 5.60. The van der Waals surface area contributed by atoms with E-state index in [2.05, 4.69) is 10.6 Å². The maximum absolute atomic E-state index is 12.1. The molecule has 1 aliphatic carbocycles. The number of amides is 2. The summed E-state index contributed by atoms with van der Waals surface area (Å²) in [6.45, 7) is 4.38. The highest BCUT2D eigenvalue weighted by Crippen LogP contribution is 2.58. The zero-order chi connectivity index (χ0) is 14.0. The van der Waals surface area contributed by atoms with Crippen molar-refractivity contribution in [3.8, 4) is 0 Å². The van der Waals surface area contributed by atoms with Crippen molar-refractivity contribution < 1.29 is 14.3 Å². The second-order valence-corrected chi connectivity index (χ2v) is 6.12. The number of piperidine rings is 1. The van der Waals surface area contributed by atoms with E-state index in [0.29, 0.717) is 19.7 Å². The molecule has 1 atom stereocenters. The summed E-state index contributed by atoms with van der Waals surface area (Å²) >= 11 is 0. The van der Waals surface area contributed by atoms with Crippen LogP contribution in [0.15, 0.2) is 0 Å². The highest BCUT2D eigenvalue weighted by atomic mass is 16.6. The van der Waals surface area contributed by atoms with E-state index in [-0.39, 0.29) is 23.3 Å². The van der Waals surface area contributed by atoms with Crippen molar-refractivity contribution in [2.24, 2.45) is 11.3 Å². The monoisotopic (exact) mass is 281 g/mol. The third kappa shape index (κ3) is 2.75. The van der Waals surface area contributed by atoms with Crippen LogP contribution in [0.4, 0.5) is 4.79 Å². The molecule has 0 aromatic carbocycles. The van der Waals surface area contributed by atoms with Crippen LogP contribution in [0, 0.1) is 11.3 Å². The Morgan fingerprint density at radius 3 is 3.00 bits per heavy atom. The van der Waals surface area contributed by atoms with Crippen LogP contribution in [-0.4, -0.2) is 56.2 Å². The Kier molecular flexibility index (Phi) is 3.83. The van der Waals surface area contributed by atoms with E-state index in [0.717, 1.165) is 45.3 Å². The lowest BCUT2D eigenvalue weighted by Gasteiger charge is -2.26. The van der Waals surface area contributed by atoms with Crippen LogP contribution in [0.5, 0.6) is 0 Å². The topological polar surface area (TPSA) is 70.7 Å². The zero-order valence-electron chi connectivity index (χ0n) is 11.8. The van der Waals surface area contributed by atoms with Gasteiger partial charge in [0.25, 0.3) is 0 Å². The molecule has 2 saturated heterocycles. The highest BCUT2D eigenvalue weighted by molar-refractivity contribution is 5.82. The summed E-state index contributed by atoms with van der Waals surface area (Å²) < 4.78 is 4.97. The summed E-state index contributed by atoms with van der Waals surface area (Å²) in [6, 6.07) is 0. The SMILES string of the molecule is O=C(NCCN1CCCOC1=O)C1CC12CCNCC2. The van der Waals surface area contributed by atoms with Gasteiger partial charge in [0.05, 0.1) is 6.61 Å². The number of carbonyl (C=O) groups excluding carboxylic acids is 2. The lowest BCUT2D eigenvalue weighted by Crippen LogP contribution is -2.43. The van der Waals surface area contributed by atoms with Crippen molar-refractivity contribution in [2.45, 2.75) is 25.7 Å². The number of nitrogens with one attached hydrogen (secondary N) is 2. The molecule has 2 N–H and O–H groups in total. The number of nitrogens with zero attached hydrogens (tertiary/aromatic N) is 1. The Morgan fingerprint density at radius 2 is 2.25 bits per heavy atom. The lowest BCUT2D eigenvalue weighted by molar-refractivity contribution is -0.123. The van der Waals surface area contributed by atoms with E-state index in [1.807, 2.05) is 0 Å². The molecule has 0 bridgehead atoms. The average molecular weight is 281 g/mol. The van der Waals surface area contributed by atoms with Crippen molar-refractivity contribution in [1.82, 2.24) is 15.5 Å². The summed E-state index contributed by atoms with van der Waals surface area (Å²) in [5, 5.41) is 6.32. The van der Waals surface area contributed by atoms with E-state index in [1.165, 1.54) is 0 Å². The Bertz CT molecular complexity index is 393. The summed E-state index contributed by atoms with van der Waals surface area (Å²) in [7, 11) is 0. The molecule has 2 amide bonds. The molecule has 0 aromatic heterocycles. The van der Waals surface area contributed by atoms with Crippen LogP contribution in [0.1, 0.15) is 25.7 Å². The Morgan fingerprint density at radius 1 is 1.45 bits per heavy atom.